The average molecular weight is 1790 g/mol. The zero-order valence-corrected chi connectivity index (χ0v) is 77.7. The molecule has 8 nitrogen and oxygen atoms in total. The maximum absolute atomic E-state index is 5.92. The van der Waals surface area contributed by atoms with Crippen molar-refractivity contribution in [3.8, 4) is 45.6 Å². The van der Waals surface area contributed by atoms with Crippen LogP contribution in [0.25, 0.3) is 89.7 Å². The maximum atomic E-state index is 5.92. The Hall–Kier alpha value is -9.20. The molecule has 3 aromatic heterocycles. The van der Waals surface area contributed by atoms with Crippen LogP contribution in [0.2, 0.25) is 0 Å². The molecule has 0 amide bonds. The summed E-state index contributed by atoms with van der Waals surface area (Å²) in [5, 5.41) is 4.00. The van der Waals surface area contributed by atoms with Crippen LogP contribution >= 0.6 is 94.1 Å². The zero-order chi connectivity index (χ0) is 84.2. The van der Waals surface area contributed by atoms with E-state index in [-0.39, 0.29) is 0 Å². The number of benzene rings is 12. The molecule has 0 atom stereocenters. The monoisotopic (exact) mass is 1780 g/mol. The first-order valence-corrected chi connectivity index (χ1v) is 52.7. The van der Waals surface area contributed by atoms with Gasteiger partial charge in [0.25, 0.3) is 0 Å². The molecule has 0 spiro atoms. The van der Waals surface area contributed by atoms with Crippen molar-refractivity contribution in [2.45, 2.75) is 174 Å². The molecule has 0 saturated heterocycles. The molecule has 0 fully saturated rings. The summed E-state index contributed by atoms with van der Waals surface area (Å²) in [6.45, 7) is 0. The number of aromatic amines is 2. The molecule has 8 bridgehead atoms. The summed E-state index contributed by atoms with van der Waals surface area (Å²) in [5.74, 6) is 10.3. The predicted octanol–water partition coefficient (Wildman–Crippen LogP) is 30.6. The molecule has 2 aliphatic heterocycles. The Morgan fingerprint density at radius 2 is 0.344 bits per heavy atom. The van der Waals surface area contributed by atoms with E-state index in [0.29, 0.717) is 45.9 Å². The third-order valence-corrected chi connectivity index (χ3v) is 32.6. The van der Waals surface area contributed by atoms with Crippen LogP contribution in [0.4, 0.5) is 0 Å². The van der Waals surface area contributed by atoms with Crippen LogP contribution in [0.1, 0.15) is 128 Å². The number of fused-ring (bicyclic) bond motifs is 20. The van der Waals surface area contributed by atoms with E-state index in [1.165, 1.54) is 83.7 Å². The molecule has 125 heavy (non-hydrogen) atoms. The van der Waals surface area contributed by atoms with Gasteiger partial charge in [0, 0.05) is 88.7 Å². The molecule has 0 aliphatic carbocycles. The molecule has 2 N–H and O–H groups in total. The highest BCUT2D eigenvalue weighted by molar-refractivity contribution is 8.03. The number of nitrogens with zero attached hydrogens (tertiary/aromatic N) is 6. The lowest BCUT2D eigenvalue weighted by atomic mass is 10.1. The van der Waals surface area contributed by atoms with Gasteiger partial charge in [0.2, 0.25) is 0 Å². The summed E-state index contributed by atoms with van der Waals surface area (Å²) in [4.78, 5) is 53.2. The smallest absolute Gasteiger partial charge is 0.164 e. The van der Waals surface area contributed by atoms with Gasteiger partial charge in [0.05, 0.1) is 0 Å². The van der Waals surface area contributed by atoms with Crippen LogP contribution in [0.15, 0.2) is 330 Å². The van der Waals surface area contributed by atoms with E-state index < -0.39 is 0 Å². The van der Waals surface area contributed by atoms with Crippen molar-refractivity contribution in [2.75, 3.05) is 46.0 Å². The lowest BCUT2D eigenvalue weighted by molar-refractivity contribution is 0.801. The summed E-state index contributed by atoms with van der Waals surface area (Å²) < 4.78 is 0. The van der Waals surface area contributed by atoms with E-state index >= 15 is 0 Å². The number of aryl methyl sites for hydroxylation is 8. The van der Waals surface area contributed by atoms with Gasteiger partial charge in [0.1, 0.15) is 22.6 Å². The Morgan fingerprint density at radius 1 is 0.168 bits per heavy atom. The van der Waals surface area contributed by atoms with Gasteiger partial charge in [-0.15, -0.1) is 94.1 Å². The highest BCUT2D eigenvalue weighted by Gasteiger charge is 2.28. The Labute approximate surface area is 772 Å². The lowest BCUT2D eigenvalue weighted by Crippen LogP contribution is -1.92. The first-order chi connectivity index (χ1) is 62.0. The Morgan fingerprint density at radius 3 is 0.560 bits per heavy atom. The van der Waals surface area contributed by atoms with Crippen molar-refractivity contribution in [1.29, 1.82) is 0 Å². The average Bonchev–Trinajstić information content (AvgIpc) is 1.59. The number of unbranched alkanes of at least 4 members (excludes halogenated alkanes) is 6. The molecule has 12 aromatic carbocycles. The molecule has 0 unspecified atom stereocenters. The quantitative estimate of drug-likeness (QED) is 0.0279. The zero-order valence-electron chi connectivity index (χ0n) is 71.2. The minimum atomic E-state index is 0.619. The Bertz CT molecular complexity index is 6170. The third-order valence-electron chi connectivity index (χ3n) is 23.1. The van der Waals surface area contributed by atoms with E-state index in [1.807, 2.05) is 94.1 Å². The van der Waals surface area contributed by atoms with Gasteiger partial charge in [0.15, 0.2) is 23.3 Å². The van der Waals surface area contributed by atoms with Crippen molar-refractivity contribution < 1.29 is 0 Å². The van der Waals surface area contributed by atoms with E-state index in [1.54, 1.807) is 0 Å². The van der Waals surface area contributed by atoms with Crippen LogP contribution in [0.5, 0.6) is 0 Å². The molecule has 5 heterocycles. The van der Waals surface area contributed by atoms with Gasteiger partial charge in [-0.3, -0.25) is 0 Å². The standard InChI is InChI=1S/C109H108N8S8/c1-9-38-78(39-10-1)54-25-31-62-118-94-70-86-87(71-95(94)119-63-32-26-55-79-40-11-2-12-41-79)104-110-102(86)112-106-90-74-98(122-66-35-29-58-82-46-17-5-18-47-82)99(124-68-37-60-84-50-21-7-22-51-84)75-91(90)107(114-106)113-103-88-72-96(120-64-33-27-56-80-42-13-3-14-43-80)97(121-65-34-28-57-81-44-15-4-16-45-81)73-89(88)105(111-103)116-109-93-77-101(125-69-61-85-52-23-8-24-53-85)100(76-92(93)108(115-104)117-109)123-67-36-30-59-83-48-19-6-20-49-83/h1-24,38-53,70-77H,25-37,54-69H2,(H2,110,111,112,113,114,115,116,117). The van der Waals surface area contributed by atoms with Gasteiger partial charge < -0.3 is 9.97 Å². The molecule has 15 aromatic rings. The molecule has 2 aliphatic rings. The topological polar surface area (TPSA) is 109 Å². The fraction of sp³-hybridized carbons (Fsp3) is 0.266. The van der Waals surface area contributed by atoms with Crippen molar-refractivity contribution in [2.24, 2.45) is 0 Å². The second-order valence-corrected chi connectivity index (χ2v) is 41.4. The fourth-order valence-corrected chi connectivity index (χ4v) is 25.4. The van der Waals surface area contributed by atoms with Crippen molar-refractivity contribution >= 4 is 138 Å². The number of rotatable bonds is 45. The number of thioether (sulfide) groups is 8. The maximum Gasteiger partial charge on any atom is 0.164 e. The minimum absolute atomic E-state index is 0.619. The van der Waals surface area contributed by atoms with E-state index in [2.05, 4.69) is 301 Å². The van der Waals surface area contributed by atoms with Crippen LogP contribution in [-0.4, -0.2) is 85.9 Å². The predicted molar refractivity (Wildman–Crippen MR) is 543 cm³/mol. The number of aromatic nitrogens is 8. The summed E-state index contributed by atoms with van der Waals surface area (Å²) in [7, 11) is 0. The fourth-order valence-electron chi connectivity index (χ4n) is 16.3. The molecule has 16 heteroatoms. The SMILES string of the molecule is c1ccc(CCCCSc2cc3c4nc5nc(nc6[nH]c(nc7nc(nc([nH]4)c3cc2SCCCCc2ccccc2)-c2cc(SCCCCc3ccccc3)c(SCCc3ccccc3)cc2-7)c2cc(SCCCCc3ccccc3)c(SCCCCc3ccccc3)cc62)-c2cc(SCCCc3ccccc3)c(SCCCCc3ccccc3)cc2-5)cc1. The largest absolute Gasteiger partial charge is 0.324 e. The van der Waals surface area contributed by atoms with E-state index in [4.69, 9.17) is 29.9 Å². The van der Waals surface area contributed by atoms with Crippen LogP contribution < -0.4 is 0 Å². The highest BCUT2D eigenvalue weighted by atomic mass is 32.2. The minimum Gasteiger partial charge on any atom is -0.324 e. The van der Waals surface area contributed by atoms with Crippen molar-refractivity contribution in [3.63, 3.8) is 0 Å². The molecular weight excluding hydrogens is 1680 g/mol. The molecule has 0 radical (unpaired) electrons. The molecule has 17 rings (SSSR count). The number of H-pyrrole nitrogens is 2. The van der Waals surface area contributed by atoms with Crippen molar-refractivity contribution in [1.82, 2.24) is 39.9 Å². The molecule has 632 valence electrons. The van der Waals surface area contributed by atoms with Gasteiger partial charge in [-0.25, -0.2) is 29.9 Å². The normalized spacial score (nSPS) is 11.7. The van der Waals surface area contributed by atoms with Crippen LogP contribution in [0.3, 0.4) is 0 Å². The molecular formula is C109H108N8S8. The van der Waals surface area contributed by atoms with Gasteiger partial charge in [-0.2, -0.15) is 0 Å². The highest BCUT2D eigenvalue weighted by Crippen LogP contribution is 2.48. The lowest BCUT2D eigenvalue weighted by Gasteiger charge is -2.12. The number of nitrogens with one attached hydrogen (secondary N) is 2. The van der Waals surface area contributed by atoms with Crippen molar-refractivity contribution in [3.05, 3.63) is 336 Å². The third kappa shape index (κ3) is 24.6. The summed E-state index contributed by atoms with van der Waals surface area (Å²) in [5.41, 5.74) is 17.7. The first-order valence-electron chi connectivity index (χ1n) is 44.9. The van der Waals surface area contributed by atoms with Gasteiger partial charge in [-0.1, -0.05) is 243 Å². The first kappa shape index (κ1) is 87.9. The number of hydrogen-bond acceptors (Lipinski definition) is 14. The molecule has 0 saturated carbocycles. The van der Waals surface area contributed by atoms with Gasteiger partial charge in [-0.05, 0) is 268 Å². The second kappa shape index (κ2) is 46.0. The van der Waals surface area contributed by atoms with Crippen LogP contribution in [0, 0.1) is 0 Å². The Balaban J connectivity index is 0.850. The number of hydrogen-bond donors (Lipinski definition) is 2. The summed E-state index contributed by atoms with van der Waals surface area (Å²) in [6.07, 6.45) is 22.6. The van der Waals surface area contributed by atoms with E-state index in [0.717, 1.165) is 225 Å². The van der Waals surface area contributed by atoms with Gasteiger partial charge >= 0.3 is 0 Å². The Kier molecular flexibility index (Phi) is 32.3. The van der Waals surface area contributed by atoms with Crippen LogP contribution in [-0.2, 0) is 51.4 Å². The summed E-state index contributed by atoms with van der Waals surface area (Å²) >= 11 is 15.7. The summed E-state index contributed by atoms with van der Waals surface area (Å²) in [6, 6.07) is 107. The van der Waals surface area contributed by atoms with E-state index in [9.17, 15) is 0 Å². The second-order valence-electron chi connectivity index (χ2n) is 32.3.